The van der Waals surface area contributed by atoms with Gasteiger partial charge in [0.25, 0.3) is 0 Å². The summed E-state index contributed by atoms with van der Waals surface area (Å²) in [6, 6.07) is 11.9. The van der Waals surface area contributed by atoms with Crippen molar-refractivity contribution < 1.29 is 4.79 Å². The standard InChI is InChI=1S/C23H31N7O.HI/c1-4-24-23(26-14-12-22(31)29-21-11-10-17(2)16-27-21)25-13-7-15-30-18(3)28-19-8-5-6-9-20(19)30;/h5-6,8-11,16H,4,7,12-15H2,1-3H3,(H2,24,25,26)(H,27,29,31);1H. The summed E-state index contributed by atoms with van der Waals surface area (Å²) in [5.74, 6) is 2.22. The Morgan fingerprint density at radius 2 is 1.94 bits per heavy atom. The van der Waals surface area contributed by atoms with Crippen LogP contribution in [0, 0.1) is 13.8 Å². The van der Waals surface area contributed by atoms with Crippen LogP contribution in [0.3, 0.4) is 0 Å². The average Bonchev–Trinajstić information content (AvgIpc) is 3.08. The number of para-hydroxylation sites is 2. The van der Waals surface area contributed by atoms with Gasteiger partial charge in [0.2, 0.25) is 5.91 Å². The van der Waals surface area contributed by atoms with Crippen molar-refractivity contribution in [2.75, 3.05) is 25.0 Å². The van der Waals surface area contributed by atoms with Gasteiger partial charge in [0.1, 0.15) is 11.6 Å². The normalized spacial score (nSPS) is 11.2. The minimum absolute atomic E-state index is 0. The van der Waals surface area contributed by atoms with E-state index in [9.17, 15) is 4.79 Å². The third-order valence-corrected chi connectivity index (χ3v) is 4.82. The fourth-order valence-electron chi connectivity index (χ4n) is 3.28. The molecule has 0 fully saturated rings. The number of hydrogen-bond acceptors (Lipinski definition) is 4. The summed E-state index contributed by atoms with van der Waals surface area (Å²) >= 11 is 0. The molecule has 1 aromatic carbocycles. The lowest BCUT2D eigenvalue weighted by Gasteiger charge is -2.12. The van der Waals surface area contributed by atoms with Gasteiger partial charge in [0, 0.05) is 38.8 Å². The van der Waals surface area contributed by atoms with Crippen molar-refractivity contribution in [1.82, 2.24) is 25.2 Å². The molecule has 3 aromatic rings. The maximum absolute atomic E-state index is 12.1. The monoisotopic (exact) mass is 549 g/mol. The number of amides is 1. The maximum atomic E-state index is 12.1. The number of aromatic nitrogens is 3. The Kier molecular flexibility index (Phi) is 10.4. The van der Waals surface area contributed by atoms with Crippen molar-refractivity contribution in [1.29, 1.82) is 0 Å². The number of nitrogens with one attached hydrogen (secondary N) is 3. The van der Waals surface area contributed by atoms with Crippen LogP contribution in [0.4, 0.5) is 5.82 Å². The molecule has 0 aliphatic carbocycles. The molecular weight excluding hydrogens is 517 g/mol. The lowest BCUT2D eigenvalue weighted by atomic mass is 10.3. The predicted octanol–water partition coefficient (Wildman–Crippen LogP) is 3.64. The Hall–Kier alpha value is -2.69. The van der Waals surface area contributed by atoms with Crippen molar-refractivity contribution in [2.24, 2.45) is 4.99 Å². The number of aliphatic imine (C=N–C) groups is 1. The minimum Gasteiger partial charge on any atom is -0.357 e. The smallest absolute Gasteiger partial charge is 0.227 e. The number of anilines is 1. The van der Waals surface area contributed by atoms with Gasteiger partial charge >= 0.3 is 0 Å². The summed E-state index contributed by atoms with van der Waals surface area (Å²) in [5, 5.41) is 9.25. The van der Waals surface area contributed by atoms with Crippen molar-refractivity contribution in [3.63, 3.8) is 0 Å². The van der Waals surface area contributed by atoms with Gasteiger partial charge in [-0.15, -0.1) is 24.0 Å². The number of imidazole rings is 1. The Morgan fingerprint density at radius 3 is 2.69 bits per heavy atom. The summed E-state index contributed by atoms with van der Waals surface area (Å²) in [6.45, 7) is 8.82. The highest BCUT2D eigenvalue weighted by molar-refractivity contribution is 14.0. The maximum Gasteiger partial charge on any atom is 0.227 e. The molecule has 0 aliphatic heterocycles. The van der Waals surface area contributed by atoms with Crippen molar-refractivity contribution in [3.05, 3.63) is 54.0 Å². The number of carbonyl (C=O) groups excluding carboxylic acids is 1. The number of rotatable bonds is 9. The quantitative estimate of drug-likeness (QED) is 0.164. The largest absolute Gasteiger partial charge is 0.357 e. The van der Waals surface area contributed by atoms with E-state index >= 15 is 0 Å². The summed E-state index contributed by atoms with van der Waals surface area (Å²) in [6.07, 6.45) is 2.97. The van der Waals surface area contributed by atoms with Gasteiger partial charge in [-0.25, -0.2) is 9.97 Å². The first-order valence-corrected chi connectivity index (χ1v) is 10.7. The lowest BCUT2D eigenvalue weighted by Crippen LogP contribution is -2.38. The molecule has 9 heteroatoms. The average molecular weight is 549 g/mol. The second kappa shape index (κ2) is 13.0. The summed E-state index contributed by atoms with van der Waals surface area (Å²) in [4.78, 5) is 25.5. The molecule has 0 bridgehead atoms. The first-order chi connectivity index (χ1) is 15.1. The zero-order valence-corrected chi connectivity index (χ0v) is 21.2. The molecule has 0 radical (unpaired) electrons. The van der Waals surface area contributed by atoms with Gasteiger partial charge in [-0.1, -0.05) is 18.2 Å². The molecule has 2 aromatic heterocycles. The second-order valence-electron chi connectivity index (χ2n) is 7.36. The molecule has 8 nitrogen and oxygen atoms in total. The van der Waals surface area contributed by atoms with Crippen LogP contribution in [0.25, 0.3) is 11.0 Å². The molecule has 0 spiro atoms. The fraction of sp³-hybridized carbons (Fsp3) is 0.391. The predicted molar refractivity (Wildman–Crippen MR) is 141 cm³/mol. The van der Waals surface area contributed by atoms with Crippen LogP contribution in [-0.2, 0) is 11.3 Å². The van der Waals surface area contributed by atoms with Crippen LogP contribution in [-0.4, -0.2) is 46.0 Å². The van der Waals surface area contributed by atoms with Gasteiger partial charge in [-0.3, -0.25) is 9.79 Å². The van der Waals surface area contributed by atoms with E-state index in [1.807, 2.05) is 45.0 Å². The van der Waals surface area contributed by atoms with E-state index in [1.165, 1.54) is 0 Å². The van der Waals surface area contributed by atoms with Crippen molar-refractivity contribution >= 4 is 52.7 Å². The first-order valence-electron chi connectivity index (χ1n) is 10.7. The third kappa shape index (κ3) is 7.47. The van der Waals surface area contributed by atoms with E-state index in [1.54, 1.807) is 12.3 Å². The number of carbonyl (C=O) groups is 1. The zero-order valence-electron chi connectivity index (χ0n) is 18.9. The number of halogens is 1. The first kappa shape index (κ1) is 25.6. The van der Waals surface area contributed by atoms with Crippen LogP contribution in [0.2, 0.25) is 0 Å². The highest BCUT2D eigenvalue weighted by atomic mass is 127. The number of fused-ring (bicyclic) bond motifs is 1. The number of guanidine groups is 1. The summed E-state index contributed by atoms with van der Waals surface area (Å²) in [7, 11) is 0. The fourth-order valence-corrected chi connectivity index (χ4v) is 3.28. The molecule has 0 unspecified atom stereocenters. The van der Waals surface area contributed by atoms with Crippen LogP contribution in [0.1, 0.15) is 31.2 Å². The number of pyridine rings is 1. The molecule has 3 N–H and O–H groups in total. The van der Waals surface area contributed by atoms with E-state index in [0.29, 0.717) is 25.3 Å². The molecule has 0 aliphatic rings. The van der Waals surface area contributed by atoms with E-state index in [2.05, 4.69) is 41.5 Å². The lowest BCUT2D eigenvalue weighted by molar-refractivity contribution is -0.116. The van der Waals surface area contributed by atoms with E-state index in [0.717, 1.165) is 47.9 Å². The van der Waals surface area contributed by atoms with Gasteiger partial charge in [0.15, 0.2) is 5.96 Å². The highest BCUT2D eigenvalue weighted by Crippen LogP contribution is 2.15. The molecular formula is C23H32IN7O. The summed E-state index contributed by atoms with van der Waals surface area (Å²) in [5.41, 5.74) is 3.24. The number of nitrogens with zero attached hydrogens (tertiary/aromatic N) is 4. The van der Waals surface area contributed by atoms with E-state index in [-0.39, 0.29) is 29.9 Å². The van der Waals surface area contributed by atoms with Gasteiger partial charge < -0.3 is 20.5 Å². The minimum atomic E-state index is -0.0813. The molecule has 0 atom stereocenters. The van der Waals surface area contributed by atoms with Gasteiger partial charge in [-0.2, -0.15) is 0 Å². The Morgan fingerprint density at radius 1 is 1.12 bits per heavy atom. The molecule has 3 rings (SSSR count). The van der Waals surface area contributed by atoms with Gasteiger partial charge in [-0.05, 0) is 51.0 Å². The van der Waals surface area contributed by atoms with Gasteiger partial charge in [0.05, 0.1) is 11.0 Å². The SMILES string of the molecule is CCNC(=NCCCn1c(C)nc2ccccc21)NCCC(=O)Nc1ccc(C)cn1.I. The Bertz CT molecular complexity index is 1030. The van der Waals surface area contributed by atoms with Crippen molar-refractivity contribution in [2.45, 2.75) is 40.2 Å². The molecule has 2 heterocycles. The van der Waals surface area contributed by atoms with E-state index in [4.69, 9.17) is 0 Å². The summed E-state index contributed by atoms with van der Waals surface area (Å²) < 4.78 is 2.23. The third-order valence-electron chi connectivity index (χ3n) is 4.82. The molecule has 0 saturated heterocycles. The molecule has 172 valence electrons. The Balaban J connectivity index is 0.00000363. The van der Waals surface area contributed by atoms with Crippen LogP contribution < -0.4 is 16.0 Å². The van der Waals surface area contributed by atoms with Crippen molar-refractivity contribution in [3.8, 4) is 0 Å². The second-order valence-corrected chi connectivity index (χ2v) is 7.36. The molecule has 1 amide bonds. The zero-order chi connectivity index (χ0) is 22.1. The number of hydrogen-bond donors (Lipinski definition) is 3. The number of benzene rings is 1. The highest BCUT2D eigenvalue weighted by Gasteiger charge is 2.07. The van der Waals surface area contributed by atoms with Crippen LogP contribution in [0.15, 0.2) is 47.6 Å². The topological polar surface area (TPSA) is 96.2 Å². The molecule has 0 saturated carbocycles. The Labute approximate surface area is 206 Å². The number of aryl methyl sites for hydroxylation is 3. The molecule has 32 heavy (non-hydrogen) atoms. The van der Waals surface area contributed by atoms with Crippen LogP contribution in [0.5, 0.6) is 0 Å². The van der Waals surface area contributed by atoms with E-state index < -0.39 is 0 Å². The van der Waals surface area contributed by atoms with Crippen LogP contribution >= 0.6 is 24.0 Å².